The Morgan fingerprint density at radius 3 is 2.78 bits per heavy atom. The van der Waals surface area contributed by atoms with E-state index in [1.54, 1.807) is 29.9 Å². The van der Waals surface area contributed by atoms with E-state index < -0.39 is 10.0 Å². The van der Waals surface area contributed by atoms with E-state index in [2.05, 4.69) is 20.4 Å². The van der Waals surface area contributed by atoms with Gasteiger partial charge in [-0.05, 0) is 24.1 Å². The van der Waals surface area contributed by atoms with Crippen LogP contribution >= 0.6 is 0 Å². The van der Waals surface area contributed by atoms with E-state index in [0.29, 0.717) is 17.9 Å². The standard InChI is InChI=1S/C14H16N6O2S/c1-9-5-10(3-4-12(9)23(15,21)22)6-16-13-11-7-19-20(2)14(11)18-8-17-13/h3-5,7-8H,6H2,1-2H3,(H2,15,21,22)(H,16,17,18). The maximum absolute atomic E-state index is 11.4. The average molecular weight is 332 g/mol. The third-order valence-electron chi connectivity index (χ3n) is 3.54. The first-order chi connectivity index (χ1) is 10.9. The van der Waals surface area contributed by atoms with Gasteiger partial charge in [0.2, 0.25) is 10.0 Å². The van der Waals surface area contributed by atoms with E-state index in [1.807, 2.05) is 7.05 Å². The summed E-state index contributed by atoms with van der Waals surface area (Å²) >= 11 is 0. The Labute approximate surface area is 133 Å². The molecule has 0 aliphatic carbocycles. The second kappa shape index (κ2) is 5.60. The second-order valence-corrected chi connectivity index (χ2v) is 6.76. The van der Waals surface area contributed by atoms with Gasteiger partial charge in [0.1, 0.15) is 12.1 Å². The number of nitrogens with zero attached hydrogens (tertiary/aromatic N) is 4. The lowest BCUT2D eigenvalue weighted by Gasteiger charge is -2.09. The molecule has 3 aromatic rings. The number of sulfonamides is 1. The third kappa shape index (κ3) is 3.01. The van der Waals surface area contributed by atoms with E-state index >= 15 is 0 Å². The van der Waals surface area contributed by atoms with Crippen molar-refractivity contribution in [1.29, 1.82) is 0 Å². The lowest BCUT2D eigenvalue weighted by Crippen LogP contribution is -2.14. The molecule has 8 nitrogen and oxygen atoms in total. The normalized spacial score (nSPS) is 11.8. The van der Waals surface area contributed by atoms with E-state index in [4.69, 9.17) is 5.14 Å². The molecule has 0 atom stereocenters. The Morgan fingerprint density at radius 1 is 1.30 bits per heavy atom. The summed E-state index contributed by atoms with van der Waals surface area (Å²) in [7, 11) is -1.88. The number of rotatable bonds is 4. The molecule has 1 aromatic carbocycles. The highest BCUT2D eigenvalue weighted by molar-refractivity contribution is 7.89. The zero-order valence-electron chi connectivity index (χ0n) is 12.7. The lowest BCUT2D eigenvalue weighted by molar-refractivity contribution is 0.597. The molecule has 0 spiro atoms. The van der Waals surface area contributed by atoms with Crippen molar-refractivity contribution in [3.05, 3.63) is 41.9 Å². The Hall–Kier alpha value is -2.52. The summed E-state index contributed by atoms with van der Waals surface area (Å²) in [6.45, 7) is 2.21. The molecule has 0 saturated carbocycles. The number of aromatic nitrogens is 4. The van der Waals surface area contributed by atoms with Gasteiger partial charge < -0.3 is 5.32 Å². The Morgan fingerprint density at radius 2 is 2.09 bits per heavy atom. The number of aryl methyl sites for hydroxylation is 2. The average Bonchev–Trinajstić information content (AvgIpc) is 2.86. The highest BCUT2D eigenvalue weighted by atomic mass is 32.2. The Balaban J connectivity index is 1.84. The summed E-state index contributed by atoms with van der Waals surface area (Å²) in [6.07, 6.45) is 3.18. The first-order valence-electron chi connectivity index (χ1n) is 6.85. The number of hydrogen-bond donors (Lipinski definition) is 2. The molecule has 23 heavy (non-hydrogen) atoms. The van der Waals surface area contributed by atoms with Crippen molar-refractivity contribution in [3.8, 4) is 0 Å². The summed E-state index contributed by atoms with van der Waals surface area (Å²) in [5.41, 5.74) is 2.27. The van der Waals surface area contributed by atoms with Crippen molar-refractivity contribution >= 4 is 26.9 Å². The fourth-order valence-electron chi connectivity index (χ4n) is 2.43. The van der Waals surface area contributed by atoms with Crippen LogP contribution in [0.25, 0.3) is 11.0 Å². The minimum absolute atomic E-state index is 0.137. The van der Waals surface area contributed by atoms with Gasteiger partial charge in [-0.25, -0.2) is 23.5 Å². The molecule has 0 fully saturated rings. The van der Waals surface area contributed by atoms with Crippen molar-refractivity contribution in [2.75, 3.05) is 5.32 Å². The zero-order valence-corrected chi connectivity index (χ0v) is 13.5. The van der Waals surface area contributed by atoms with Gasteiger partial charge in [-0.2, -0.15) is 5.10 Å². The maximum Gasteiger partial charge on any atom is 0.238 e. The molecular weight excluding hydrogens is 316 g/mol. The molecule has 3 N–H and O–H groups in total. The van der Waals surface area contributed by atoms with Crippen LogP contribution < -0.4 is 10.5 Å². The van der Waals surface area contributed by atoms with Crippen molar-refractivity contribution in [1.82, 2.24) is 19.7 Å². The number of nitrogens with two attached hydrogens (primary N) is 1. The van der Waals surface area contributed by atoms with Crippen LogP contribution in [0, 0.1) is 6.92 Å². The molecule has 0 bridgehead atoms. The SMILES string of the molecule is Cc1cc(CNc2ncnc3c2cnn3C)ccc1S(N)(=O)=O. The second-order valence-electron chi connectivity index (χ2n) is 5.23. The molecule has 2 heterocycles. The van der Waals surface area contributed by atoms with E-state index in [0.717, 1.165) is 16.6 Å². The van der Waals surface area contributed by atoms with Crippen LogP contribution in [0.1, 0.15) is 11.1 Å². The number of anilines is 1. The summed E-state index contributed by atoms with van der Waals surface area (Å²) in [5.74, 6) is 0.677. The largest absolute Gasteiger partial charge is 0.365 e. The van der Waals surface area contributed by atoms with Gasteiger partial charge in [0.05, 0.1) is 16.5 Å². The Bertz CT molecular complexity index is 980. The molecule has 120 valence electrons. The number of benzene rings is 1. The molecule has 0 unspecified atom stereocenters. The van der Waals surface area contributed by atoms with Crippen molar-refractivity contribution < 1.29 is 8.42 Å². The fourth-order valence-corrected chi connectivity index (χ4v) is 3.19. The zero-order chi connectivity index (χ0) is 16.6. The molecule has 0 amide bonds. The van der Waals surface area contributed by atoms with Crippen LogP contribution in [0.3, 0.4) is 0 Å². The molecule has 0 saturated heterocycles. The van der Waals surface area contributed by atoms with Crippen molar-refractivity contribution in [2.45, 2.75) is 18.4 Å². The number of nitrogens with one attached hydrogen (secondary N) is 1. The van der Waals surface area contributed by atoms with Gasteiger partial charge in [-0.15, -0.1) is 0 Å². The summed E-state index contributed by atoms with van der Waals surface area (Å²) in [4.78, 5) is 8.54. The van der Waals surface area contributed by atoms with Gasteiger partial charge in [-0.1, -0.05) is 12.1 Å². The van der Waals surface area contributed by atoms with E-state index in [1.165, 1.54) is 12.4 Å². The number of fused-ring (bicyclic) bond motifs is 1. The van der Waals surface area contributed by atoms with Crippen LogP contribution in [-0.2, 0) is 23.6 Å². The summed E-state index contributed by atoms with van der Waals surface area (Å²) < 4.78 is 24.5. The molecule has 2 aromatic heterocycles. The highest BCUT2D eigenvalue weighted by Crippen LogP contribution is 2.20. The summed E-state index contributed by atoms with van der Waals surface area (Å²) in [6, 6.07) is 5.02. The molecule has 0 aliphatic heterocycles. The van der Waals surface area contributed by atoms with Gasteiger partial charge in [-0.3, -0.25) is 4.68 Å². The molecular formula is C14H16N6O2S. The Kier molecular flexibility index (Phi) is 3.74. The maximum atomic E-state index is 11.4. The third-order valence-corrected chi connectivity index (χ3v) is 4.61. The van der Waals surface area contributed by atoms with Crippen molar-refractivity contribution in [2.24, 2.45) is 12.2 Å². The minimum Gasteiger partial charge on any atom is -0.365 e. The lowest BCUT2D eigenvalue weighted by atomic mass is 10.1. The number of primary sulfonamides is 1. The van der Waals surface area contributed by atoms with Gasteiger partial charge in [0.25, 0.3) is 0 Å². The predicted octanol–water partition coefficient (Wildman–Crippen LogP) is 0.931. The fraction of sp³-hybridized carbons (Fsp3) is 0.214. The predicted molar refractivity (Wildman–Crippen MR) is 86.2 cm³/mol. The smallest absolute Gasteiger partial charge is 0.238 e. The van der Waals surface area contributed by atoms with Gasteiger partial charge in [0.15, 0.2) is 5.65 Å². The monoisotopic (exact) mass is 332 g/mol. The first-order valence-corrected chi connectivity index (χ1v) is 8.40. The van der Waals surface area contributed by atoms with Gasteiger partial charge in [0, 0.05) is 13.6 Å². The van der Waals surface area contributed by atoms with Crippen LogP contribution in [0.15, 0.2) is 35.6 Å². The first kappa shape index (κ1) is 15.4. The van der Waals surface area contributed by atoms with Crippen LogP contribution in [0.4, 0.5) is 5.82 Å². The van der Waals surface area contributed by atoms with E-state index in [9.17, 15) is 8.42 Å². The molecule has 9 heteroatoms. The molecule has 0 aliphatic rings. The molecule has 3 rings (SSSR count). The van der Waals surface area contributed by atoms with Crippen molar-refractivity contribution in [3.63, 3.8) is 0 Å². The molecule has 0 radical (unpaired) electrons. The summed E-state index contributed by atoms with van der Waals surface area (Å²) in [5, 5.41) is 13.4. The number of hydrogen-bond acceptors (Lipinski definition) is 6. The quantitative estimate of drug-likeness (QED) is 0.734. The van der Waals surface area contributed by atoms with Crippen LogP contribution in [0.2, 0.25) is 0 Å². The van der Waals surface area contributed by atoms with Gasteiger partial charge >= 0.3 is 0 Å². The van der Waals surface area contributed by atoms with Crippen LogP contribution in [0.5, 0.6) is 0 Å². The van der Waals surface area contributed by atoms with E-state index in [-0.39, 0.29) is 4.90 Å². The van der Waals surface area contributed by atoms with Crippen LogP contribution in [-0.4, -0.2) is 28.2 Å². The highest BCUT2D eigenvalue weighted by Gasteiger charge is 2.12. The minimum atomic E-state index is -3.70. The topological polar surface area (TPSA) is 116 Å².